The number of aromatic hydroxyl groups is 1. The third kappa shape index (κ3) is 3.54. The first-order valence-electron chi connectivity index (χ1n) is 8.86. The van der Waals surface area contributed by atoms with Gasteiger partial charge >= 0.3 is 0 Å². The van der Waals surface area contributed by atoms with Gasteiger partial charge in [0.05, 0.1) is 0 Å². The van der Waals surface area contributed by atoms with Crippen molar-refractivity contribution < 1.29 is 5.11 Å². The summed E-state index contributed by atoms with van der Waals surface area (Å²) >= 11 is 0. The second-order valence-electron chi connectivity index (χ2n) is 8.76. The van der Waals surface area contributed by atoms with Crippen molar-refractivity contribution in [3.8, 4) is 5.75 Å². The highest BCUT2D eigenvalue weighted by Crippen LogP contribution is 2.43. The minimum absolute atomic E-state index is 0.00945. The number of phenols is 1. The van der Waals surface area contributed by atoms with Gasteiger partial charge in [-0.2, -0.15) is 0 Å². The fraction of sp³-hybridized carbons (Fsp3) is 0.545. The minimum Gasteiger partial charge on any atom is -0.507 e. The summed E-state index contributed by atoms with van der Waals surface area (Å²) in [5.41, 5.74) is 3.61. The molecule has 0 aliphatic rings. The maximum atomic E-state index is 11.1. The number of hydrogen-bond donors (Lipinski definition) is 1. The van der Waals surface area contributed by atoms with Crippen LogP contribution >= 0.6 is 0 Å². The lowest BCUT2D eigenvalue weighted by molar-refractivity contribution is 0.450. The highest BCUT2D eigenvalue weighted by Gasteiger charge is 2.25. The average Bonchev–Trinajstić information content (AvgIpc) is 2.43. The maximum Gasteiger partial charge on any atom is 0.127 e. The summed E-state index contributed by atoms with van der Waals surface area (Å²) in [6, 6.07) is 8.70. The lowest BCUT2D eigenvalue weighted by Crippen LogP contribution is -2.15. The number of benzene rings is 2. The molecule has 0 saturated carbocycles. The Hall–Kier alpha value is -1.50. The van der Waals surface area contributed by atoms with Crippen molar-refractivity contribution in [1.29, 1.82) is 0 Å². The van der Waals surface area contributed by atoms with Gasteiger partial charge in [-0.1, -0.05) is 79.2 Å². The van der Waals surface area contributed by atoms with Crippen LogP contribution in [0.25, 0.3) is 10.8 Å². The molecular formula is C22H32O. The van der Waals surface area contributed by atoms with E-state index in [1.807, 2.05) is 0 Å². The topological polar surface area (TPSA) is 20.2 Å². The number of rotatable bonds is 3. The fourth-order valence-electron chi connectivity index (χ4n) is 3.30. The van der Waals surface area contributed by atoms with Crippen LogP contribution in [0.3, 0.4) is 0 Å². The van der Waals surface area contributed by atoms with Crippen LogP contribution in [0.1, 0.15) is 78.0 Å². The van der Waals surface area contributed by atoms with Crippen molar-refractivity contribution in [3.63, 3.8) is 0 Å². The normalized spacial score (nSPS) is 12.8. The summed E-state index contributed by atoms with van der Waals surface area (Å²) in [5.74, 6) is 0.471. The molecule has 1 N–H and O–H groups in total. The first-order valence-corrected chi connectivity index (χ1v) is 8.86. The fourth-order valence-corrected chi connectivity index (χ4v) is 3.30. The number of fused-ring (bicyclic) bond motifs is 1. The molecule has 0 spiro atoms. The molecule has 0 saturated heterocycles. The Balaban J connectivity index is 2.89. The van der Waals surface area contributed by atoms with Crippen molar-refractivity contribution in [2.75, 3.05) is 0 Å². The average molecular weight is 312 g/mol. The summed E-state index contributed by atoms with van der Waals surface area (Å²) in [6.45, 7) is 15.4. The number of unbranched alkanes of at least 4 members (excludes halogenated alkanes) is 1. The highest BCUT2D eigenvalue weighted by molar-refractivity contribution is 5.95. The Labute approximate surface area is 141 Å². The van der Waals surface area contributed by atoms with Gasteiger partial charge in [-0.3, -0.25) is 0 Å². The van der Waals surface area contributed by atoms with E-state index in [1.54, 1.807) is 0 Å². The zero-order valence-electron chi connectivity index (χ0n) is 15.9. The standard InChI is InChI=1S/C22H32O/c1-8-9-11-15-14-18(22(5,6)7)20(23)19-16(15)12-10-13-17(19)21(2,3)4/h10,12-14,23H,8-9,11H2,1-7H3. The van der Waals surface area contributed by atoms with Crippen LogP contribution in [0.2, 0.25) is 0 Å². The van der Waals surface area contributed by atoms with Crippen LogP contribution in [0.15, 0.2) is 24.3 Å². The van der Waals surface area contributed by atoms with Gasteiger partial charge in [-0.25, -0.2) is 0 Å². The van der Waals surface area contributed by atoms with Crippen LogP contribution in [-0.2, 0) is 17.3 Å². The van der Waals surface area contributed by atoms with E-state index in [0.29, 0.717) is 5.75 Å². The first kappa shape index (κ1) is 17.8. The van der Waals surface area contributed by atoms with Gasteiger partial charge < -0.3 is 5.11 Å². The van der Waals surface area contributed by atoms with E-state index < -0.39 is 0 Å². The molecule has 2 aromatic rings. The Morgan fingerprint density at radius 2 is 1.52 bits per heavy atom. The molecule has 0 atom stereocenters. The molecule has 0 aliphatic carbocycles. The lowest BCUT2D eigenvalue weighted by atomic mass is 9.78. The predicted octanol–water partition coefficient (Wildman–Crippen LogP) is 6.48. The lowest BCUT2D eigenvalue weighted by Gasteiger charge is -2.27. The number of phenolic OH excluding ortho intramolecular Hbond substituents is 1. The Bertz CT molecular complexity index is 696. The maximum absolute atomic E-state index is 11.1. The van der Waals surface area contributed by atoms with Crippen LogP contribution < -0.4 is 0 Å². The molecule has 0 aliphatic heterocycles. The first-order chi connectivity index (χ1) is 10.6. The predicted molar refractivity (Wildman–Crippen MR) is 102 cm³/mol. The van der Waals surface area contributed by atoms with Gasteiger partial charge in [0.1, 0.15) is 5.75 Å². The van der Waals surface area contributed by atoms with Gasteiger partial charge in [0, 0.05) is 10.9 Å². The van der Waals surface area contributed by atoms with Crippen molar-refractivity contribution >= 4 is 10.8 Å². The van der Waals surface area contributed by atoms with Gasteiger partial charge in [-0.05, 0) is 40.2 Å². The van der Waals surface area contributed by atoms with Gasteiger partial charge in [0.25, 0.3) is 0 Å². The van der Waals surface area contributed by atoms with Gasteiger partial charge in [-0.15, -0.1) is 0 Å². The molecule has 0 unspecified atom stereocenters. The van der Waals surface area contributed by atoms with Crippen molar-refractivity contribution in [1.82, 2.24) is 0 Å². The third-order valence-electron chi connectivity index (χ3n) is 4.64. The smallest absolute Gasteiger partial charge is 0.127 e. The van der Waals surface area contributed by atoms with Crippen LogP contribution in [0, 0.1) is 0 Å². The highest BCUT2D eigenvalue weighted by atomic mass is 16.3. The molecule has 2 aromatic carbocycles. The molecule has 0 heterocycles. The summed E-state index contributed by atoms with van der Waals surface area (Å²) in [6.07, 6.45) is 3.44. The molecule has 0 fully saturated rings. The molecule has 1 nitrogen and oxygen atoms in total. The number of aryl methyl sites for hydroxylation is 1. The van der Waals surface area contributed by atoms with Crippen molar-refractivity contribution in [2.24, 2.45) is 0 Å². The van der Waals surface area contributed by atoms with Crippen LogP contribution in [-0.4, -0.2) is 5.11 Å². The molecule has 2 rings (SSSR count). The molecule has 1 heteroatoms. The SMILES string of the molecule is CCCCc1cc(C(C)(C)C)c(O)c2c(C(C)(C)C)cccc12. The van der Waals surface area contributed by atoms with E-state index in [2.05, 4.69) is 72.7 Å². The molecular weight excluding hydrogens is 280 g/mol. The number of hydrogen-bond acceptors (Lipinski definition) is 1. The molecule has 126 valence electrons. The Morgan fingerprint density at radius 1 is 0.913 bits per heavy atom. The van der Waals surface area contributed by atoms with Crippen molar-refractivity contribution in [3.05, 3.63) is 41.0 Å². The molecule has 23 heavy (non-hydrogen) atoms. The molecule has 0 amide bonds. The van der Waals surface area contributed by atoms with E-state index in [9.17, 15) is 5.11 Å². The van der Waals surface area contributed by atoms with Crippen molar-refractivity contribution in [2.45, 2.75) is 78.6 Å². The van der Waals surface area contributed by atoms with Crippen LogP contribution in [0.4, 0.5) is 0 Å². The summed E-state index contributed by atoms with van der Waals surface area (Å²) in [4.78, 5) is 0. The van der Waals surface area contributed by atoms with E-state index in [0.717, 1.165) is 17.4 Å². The van der Waals surface area contributed by atoms with E-state index >= 15 is 0 Å². The minimum atomic E-state index is -0.0652. The second-order valence-corrected chi connectivity index (χ2v) is 8.76. The Morgan fingerprint density at radius 3 is 2.04 bits per heavy atom. The molecule has 0 bridgehead atoms. The van der Waals surface area contributed by atoms with E-state index in [-0.39, 0.29) is 10.8 Å². The zero-order valence-corrected chi connectivity index (χ0v) is 15.9. The largest absolute Gasteiger partial charge is 0.507 e. The summed E-state index contributed by atoms with van der Waals surface area (Å²) in [5, 5.41) is 13.4. The summed E-state index contributed by atoms with van der Waals surface area (Å²) < 4.78 is 0. The Kier molecular flexibility index (Phi) is 4.80. The monoisotopic (exact) mass is 312 g/mol. The van der Waals surface area contributed by atoms with E-state index in [4.69, 9.17) is 0 Å². The molecule has 0 aromatic heterocycles. The molecule has 0 radical (unpaired) electrons. The van der Waals surface area contributed by atoms with Gasteiger partial charge in [0.15, 0.2) is 0 Å². The third-order valence-corrected chi connectivity index (χ3v) is 4.64. The van der Waals surface area contributed by atoms with Gasteiger partial charge in [0.2, 0.25) is 0 Å². The van der Waals surface area contributed by atoms with E-state index in [1.165, 1.54) is 29.4 Å². The second kappa shape index (κ2) is 6.19. The van der Waals surface area contributed by atoms with Crippen LogP contribution in [0.5, 0.6) is 5.75 Å². The summed E-state index contributed by atoms with van der Waals surface area (Å²) in [7, 11) is 0. The quantitative estimate of drug-likeness (QED) is 0.687. The zero-order chi connectivity index (χ0) is 17.4.